The fourth-order valence-electron chi connectivity index (χ4n) is 13.4. The van der Waals surface area contributed by atoms with Crippen LogP contribution in [0.25, 0.3) is 0 Å². The van der Waals surface area contributed by atoms with Gasteiger partial charge in [-0.2, -0.15) is 0 Å². The van der Waals surface area contributed by atoms with Gasteiger partial charge < -0.3 is 96.4 Å². The number of rotatable bonds is 40. The van der Waals surface area contributed by atoms with Gasteiger partial charge in [0.05, 0.1) is 75.0 Å². The lowest BCUT2D eigenvalue weighted by molar-refractivity contribution is -0.150. The Bertz CT molecular complexity index is 4260. The van der Waals surface area contributed by atoms with Gasteiger partial charge in [0, 0.05) is 88.1 Å². The monoisotopic (exact) mass is 1550 g/mol. The number of aliphatic hydroxyl groups is 1. The molecule has 6 atom stereocenters. The van der Waals surface area contributed by atoms with Gasteiger partial charge in [-0.05, 0) is 92.2 Å². The summed E-state index contributed by atoms with van der Waals surface area (Å²) in [6.45, 7) is 0.519. The van der Waals surface area contributed by atoms with Gasteiger partial charge in [-0.15, -0.1) is 18.3 Å². The number of hydrogen-bond donors (Lipinski definition) is 9. The molecule has 1 aliphatic carbocycles. The number of nitrogens with two attached hydrogens (primary N) is 2. The van der Waals surface area contributed by atoms with Crippen molar-refractivity contribution in [3.05, 3.63) is 149 Å². The molecule has 4 heterocycles. The number of thioether (sulfide) groups is 1. The van der Waals surface area contributed by atoms with Gasteiger partial charge in [-0.25, -0.2) is 9.69 Å². The summed E-state index contributed by atoms with van der Waals surface area (Å²) in [7, 11) is 1.41. The SMILES string of the molecule is C=CCN(CC(=O)N(CCCCN)CC(=O)N(CCO)CC(=O)NCC(=O)NCC(=O)N[C@@H](CSC1CC(=O)N(c2ccc(C3c4ccc(O)cc4OC4=CC(=O)C=CC43)c(C(=O)O)c2)C1=O)C(N)=O)C(=O)CN(CCOC)C(=O)[C@@H]1CCCN1C(=O)CN(C(=O)CNCc1ccc2c(c1)OCO2)[C@H](C)c1ccccc1. The summed E-state index contributed by atoms with van der Waals surface area (Å²) in [4.78, 5) is 199. The number of allylic oxidation sites excluding steroid dienone is 3. The second-order valence-corrected chi connectivity index (χ2v) is 27.9. The number of carboxylic acids is 1. The van der Waals surface area contributed by atoms with Crippen LogP contribution < -0.4 is 51.8 Å². The van der Waals surface area contributed by atoms with E-state index in [0.717, 1.165) is 42.5 Å². The van der Waals surface area contributed by atoms with E-state index in [4.69, 9.17) is 30.4 Å². The van der Waals surface area contributed by atoms with Crippen LogP contribution in [-0.4, -0.2) is 269 Å². The zero-order valence-electron chi connectivity index (χ0n) is 61.4. The fourth-order valence-corrected chi connectivity index (χ4v) is 14.5. The smallest absolute Gasteiger partial charge is 0.336 e. The molecule has 34 nitrogen and oxygen atoms in total. The summed E-state index contributed by atoms with van der Waals surface area (Å²) >= 11 is 0.813. The summed E-state index contributed by atoms with van der Waals surface area (Å²) in [5, 5.41) is 39.7. The Kier molecular flexibility index (Phi) is 29.9. The minimum absolute atomic E-state index is 0.0108. The van der Waals surface area contributed by atoms with Crippen molar-refractivity contribution in [2.45, 2.75) is 74.9 Å². The molecule has 0 saturated carbocycles. The zero-order valence-corrected chi connectivity index (χ0v) is 62.2. The number of carboxylic acid groups (broad SMARTS) is 1. The van der Waals surface area contributed by atoms with E-state index in [-0.39, 0.29) is 124 Å². The number of hydrogen-bond acceptors (Lipinski definition) is 23. The van der Waals surface area contributed by atoms with Gasteiger partial charge in [0.15, 0.2) is 17.3 Å². The van der Waals surface area contributed by atoms with Gasteiger partial charge in [-0.1, -0.05) is 60.7 Å². The predicted molar refractivity (Wildman–Crippen MR) is 400 cm³/mol. The van der Waals surface area contributed by atoms with Crippen LogP contribution in [0.1, 0.15) is 83.6 Å². The van der Waals surface area contributed by atoms with E-state index >= 15 is 0 Å². The summed E-state index contributed by atoms with van der Waals surface area (Å²) in [6.07, 6.45) is 6.58. The first-order valence-corrected chi connectivity index (χ1v) is 37.0. The number of primary amides is 1. The third-order valence-corrected chi connectivity index (χ3v) is 20.4. The maximum absolute atomic E-state index is 14.7. The van der Waals surface area contributed by atoms with E-state index < -0.39 is 159 Å². The number of amides is 12. The number of carbonyl (C=O) groups is 14. The second kappa shape index (κ2) is 39.7. The molecule has 2 fully saturated rings. The largest absolute Gasteiger partial charge is 0.508 e. The predicted octanol–water partition coefficient (Wildman–Crippen LogP) is -0.201. The highest BCUT2D eigenvalue weighted by atomic mass is 32.2. The van der Waals surface area contributed by atoms with E-state index in [1.807, 2.05) is 49.4 Å². The third kappa shape index (κ3) is 21.9. The molecule has 2 saturated heterocycles. The lowest BCUT2D eigenvalue weighted by Gasteiger charge is -2.36. The maximum Gasteiger partial charge on any atom is 0.336 e. The van der Waals surface area contributed by atoms with Crippen molar-refractivity contribution in [3.63, 3.8) is 0 Å². The van der Waals surface area contributed by atoms with Crippen LogP contribution in [0.4, 0.5) is 5.69 Å². The van der Waals surface area contributed by atoms with Crippen LogP contribution in [0.3, 0.4) is 0 Å². The number of unbranched alkanes of at least 4 members (excludes halogenated alkanes) is 1. The number of anilines is 1. The molecule has 9 rings (SSSR count). The molecule has 4 aliphatic heterocycles. The molecule has 0 aromatic heterocycles. The van der Waals surface area contributed by atoms with Gasteiger partial charge >= 0.3 is 5.97 Å². The minimum atomic E-state index is -1.44. The lowest BCUT2D eigenvalue weighted by Crippen LogP contribution is -2.54. The Hall–Kier alpha value is -11.5. The number of carbonyl (C=O) groups excluding carboxylic acids is 13. The number of aliphatic hydroxyl groups excluding tert-OH is 1. The number of phenols is 1. The molecular formula is C76H91N13O21S. The number of likely N-dealkylation sites (tertiary alicyclic amines) is 1. The van der Waals surface area contributed by atoms with Crippen LogP contribution in [0.2, 0.25) is 0 Å². The molecule has 592 valence electrons. The molecule has 35 heteroatoms. The van der Waals surface area contributed by atoms with E-state index in [0.29, 0.717) is 42.9 Å². The summed E-state index contributed by atoms with van der Waals surface area (Å²) in [5.41, 5.74) is 13.4. The molecule has 11 N–H and O–H groups in total. The highest BCUT2D eigenvalue weighted by molar-refractivity contribution is 8.00. The molecule has 5 aliphatic rings. The Morgan fingerprint density at radius 2 is 1.47 bits per heavy atom. The summed E-state index contributed by atoms with van der Waals surface area (Å²) < 4.78 is 22.2. The molecular weight excluding hydrogens is 1460 g/mol. The normalized spacial score (nSPS) is 17.1. The van der Waals surface area contributed by atoms with Crippen LogP contribution in [0.15, 0.2) is 122 Å². The first-order valence-electron chi connectivity index (χ1n) is 36.0. The van der Waals surface area contributed by atoms with Gasteiger partial charge in [-0.3, -0.25) is 62.3 Å². The summed E-state index contributed by atoms with van der Waals surface area (Å²) in [6, 6.07) is 19.9. The number of phenolic OH excluding ortho intramolecular Hbond substituents is 1. The van der Waals surface area contributed by atoms with Crippen LogP contribution in [-0.2, 0) is 73.6 Å². The molecule has 3 unspecified atom stereocenters. The van der Waals surface area contributed by atoms with Crippen molar-refractivity contribution in [1.29, 1.82) is 0 Å². The Morgan fingerprint density at radius 1 is 0.766 bits per heavy atom. The topological polar surface area (TPSA) is 459 Å². The molecule has 0 bridgehead atoms. The number of methoxy groups -OCH3 is 1. The van der Waals surface area contributed by atoms with Gasteiger partial charge in [0.1, 0.15) is 42.4 Å². The zero-order chi connectivity index (χ0) is 80.0. The number of fused-ring (bicyclic) bond motifs is 3. The standard InChI is InChI=1S/C76H91N13O21S/c1-4-23-83(70(100)42-86(27-29-107-3)74(103)57-13-10-25-87(57)71(101)43-88(46(2)48-11-6-5-7-12-48)67(97)38-79-35-47-14-21-58-61(30-47)109-45-108-58)40-68(98)84(24-9-8-22-77)41-69(99)85(26-28-90)39-65(95)81-36-63(93)80-37-64(94)82-56(73(78)102)44-111-62-34-66(96)89(75(62)104)49-15-18-52(55(31-49)76(105)106)72-53-19-16-50(91)32-59(53)110-60-33-51(92)17-20-54(60)72/h4-7,11-12,14-21,30-33,46,53,56-57,62,72,79,90,92H,1,8-10,13,22-29,34-45,77H2,2-3H3,(H2,78,102)(H,80,93)(H,81,95)(H,82,94)(H,105,106)/t46-,53?,56+,57+,62?,72?/m1/s1. The van der Waals surface area contributed by atoms with Crippen molar-refractivity contribution in [3.8, 4) is 23.0 Å². The Labute approximate surface area is 643 Å². The van der Waals surface area contributed by atoms with Crippen molar-refractivity contribution < 1.29 is 101 Å². The van der Waals surface area contributed by atoms with E-state index in [2.05, 4.69) is 27.8 Å². The summed E-state index contributed by atoms with van der Waals surface area (Å²) in [5.74, 6) is -10.9. The van der Waals surface area contributed by atoms with E-state index in [9.17, 15) is 82.4 Å². The molecule has 0 radical (unpaired) electrons. The van der Waals surface area contributed by atoms with Crippen molar-refractivity contribution >= 4 is 100 Å². The minimum Gasteiger partial charge on any atom is -0.508 e. The van der Waals surface area contributed by atoms with Crippen molar-refractivity contribution in [2.75, 3.05) is 129 Å². The van der Waals surface area contributed by atoms with Crippen molar-refractivity contribution in [1.82, 2.24) is 50.7 Å². The quantitative estimate of drug-likeness (QED) is 0.0158. The number of ether oxygens (including phenoxy) is 4. The highest BCUT2D eigenvalue weighted by Gasteiger charge is 2.44. The number of benzene rings is 4. The molecule has 12 amide bonds. The number of ketones is 1. The Balaban J connectivity index is 0.747. The molecule has 4 aromatic carbocycles. The lowest BCUT2D eigenvalue weighted by atomic mass is 9.74. The highest BCUT2D eigenvalue weighted by Crippen LogP contribution is 2.49. The average Bonchev–Trinajstić information content (AvgIpc) is 1.73. The number of aromatic carboxylic acids is 1. The first-order chi connectivity index (χ1) is 53.3. The second-order valence-electron chi connectivity index (χ2n) is 26.7. The maximum atomic E-state index is 14.7. The third-order valence-electron chi connectivity index (χ3n) is 19.1. The number of aromatic hydroxyl groups is 1. The van der Waals surface area contributed by atoms with Gasteiger partial charge in [0.2, 0.25) is 77.7 Å². The molecule has 4 aromatic rings. The molecule has 0 spiro atoms. The van der Waals surface area contributed by atoms with Crippen LogP contribution >= 0.6 is 11.8 Å². The van der Waals surface area contributed by atoms with Crippen LogP contribution in [0.5, 0.6) is 23.0 Å². The van der Waals surface area contributed by atoms with Crippen LogP contribution in [0, 0.1) is 5.92 Å². The number of nitrogens with one attached hydrogen (secondary N) is 4. The first kappa shape index (κ1) is 83.5. The van der Waals surface area contributed by atoms with E-state index in [1.165, 1.54) is 70.4 Å². The Morgan fingerprint density at radius 3 is 2.19 bits per heavy atom. The van der Waals surface area contributed by atoms with Gasteiger partial charge in [0.25, 0.3) is 0 Å². The number of imide groups is 1. The fraction of sp³-hybridized carbons (Fsp3) is 0.421. The number of nitrogens with zero attached hydrogens (tertiary/aromatic N) is 7. The molecule has 111 heavy (non-hydrogen) atoms. The van der Waals surface area contributed by atoms with Crippen molar-refractivity contribution in [2.24, 2.45) is 17.4 Å². The average molecular weight is 1550 g/mol. The van der Waals surface area contributed by atoms with E-state index in [1.54, 1.807) is 18.2 Å².